The van der Waals surface area contributed by atoms with E-state index in [1.807, 2.05) is 0 Å². The Balaban J connectivity index is 2.43. The van der Waals surface area contributed by atoms with Gasteiger partial charge >= 0.3 is 12.1 Å². The van der Waals surface area contributed by atoms with E-state index in [1.165, 1.54) is 7.11 Å². The molecule has 9 heteroatoms. The van der Waals surface area contributed by atoms with Gasteiger partial charge in [-0.1, -0.05) is 0 Å². The average molecular weight is 329 g/mol. The number of methoxy groups -OCH3 is 1. The molecule has 0 aromatic carbocycles. The number of carbonyl (C=O) groups excluding carboxylic acids is 4. The van der Waals surface area contributed by atoms with Gasteiger partial charge in [0.25, 0.3) is 0 Å². The summed E-state index contributed by atoms with van der Waals surface area (Å²) in [4.78, 5) is 46.5. The fourth-order valence-electron chi connectivity index (χ4n) is 1.96. The Morgan fingerprint density at radius 3 is 2.57 bits per heavy atom. The fraction of sp³-hybridized carbons (Fsp3) is 0.714. The standard InChI is InChI=1S/C14H23N3O6/c1-14(2,3)23-13(21)15-6-5-11(19)17-8-9(12(20)22-4)7-10(18)16-17/h9H,5-8H2,1-4H3,(H,15,21)(H,16,18). The van der Waals surface area contributed by atoms with E-state index in [2.05, 4.69) is 15.5 Å². The molecule has 0 bridgehead atoms. The molecule has 1 aliphatic heterocycles. The first-order chi connectivity index (χ1) is 10.6. The summed E-state index contributed by atoms with van der Waals surface area (Å²) in [5.74, 6) is -2.07. The third-order valence-electron chi connectivity index (χ3n) is 2.94. The quantitative estimate of drug-likeness (QED) is 0.699. The van der Waals surface area contributed by atoms with Gasteiger partial charge in [-0.15, -0.1) is 0 Å². The second kappa shape index (κ2) is 7.80. The highest BCUT2D eigenvalue weighted by atomic mass is 16.6. The molecular weight excluding hydrogens is 306 g/mol. The number of rotatable bonds is 4. The van der Waals surface area contributed by atoms with Crippen molar-refractivity contribution in [2.24, 2.45) is 5.92 Å². The van der Waals surface area contributed by atoms with E-state index < -0.39 is 35.4 Å². The van der Waals surface area contributed by atoms with Crippen LogP contribution in [0.5, 0.6) is 0 Å². The molecule has 1 fully saturated rings. The van der Waals surface area contributed by atoms with Crippen LogP contribution >= 0.6 is 0 Å². The van der Waals surface area contributed by atoms with E-state index >= 15 is 0 Å². The third kappa shape index (κ3) is 6.54. The monoisotopic (exact) mass is 329 g/mol. The number of nitrogens with one attached hydrogen (secondary N) is 2. The van der Waals surface area contributed by atoms with Crippen molar-refractivity contribution >= 4 is 23.9 Å². The number of ether oxygens (including phenoxy) is 2. The van der Waals surface area contributed by atoms with Crippen molar-refractivity contribution in [2.45, 2.75) is 39.2 Å². The van der Waals surface area contributed by atoms with Gasteiger partial charge < -0.3 is 14.8 Å². The van der Waals surface area contributed by atoms with Crippen LogP contribution in [0.2, 0.25) is 0 Å². The number of amides is 3. The van der Waals surface area contributed by atoms with E-state index in [4.69, 9.17) is 4.74 Å². The van der Waals surface area contributed by atoms with Crippen LogP contribution in [0.3, 0.4) is 0 Å². The van der Waals surface area contributed by atoms with E-state index in [1.54, 1.807) is 20.8 Å². The van der Waals surface area contributed by atoms with Gasteiger partial charge in [0.2, 0.25) is 11.8 Å². The Bertz CT molecular complexity index is 485. The summed E-state index contributed by atoms with van der Waals surface area (Å²) >= 11 is 0. The molecule has 1 aliphatic rings. The van der Waals surface area contributed by atoms with Gasteiger partial charge in [-0.25, -0.2) is 4.79 Å². The molecule has 0 radical (unpaired) electrons. The van der Waals surface area contributed by atoms with Crippen LogP contribution in [0, 0.1) is 5.92 Å². The molecule has 0 spiro atoms. The number of hydrazine groups is 1. The van der Waals surface area contributed by atoms with E-state index in [-0.39, 0.29) is 25.9 Å². The Hall–Kier alpha value is -2.32. The zero-order valence-corrected chi connectivity index (χ0v) is 13.8. The maximum atomic E-state index is 12.0. The highest BCUT2D eigenvalue weighted by Crippen LogP contribution is 2.13. The molecule has 0 aromatic heterocycles. The lowest BCUT2D eigenvalue weighted by Gasteiger charge is -2.31. The first kappa shape index (κ1) is 18.7. The number of nitrogens with zero attached hydrogens (tertiary/aromatic N) is 1. The molecule has 1 atom stereocenters. The third-order valence-corrected chi connectivity index (χ3v) is 2.94. The number of hydrogen-bond acceptors (Lipinski definition) is 6. The Kier molecular flexibility index (Phi) is 6.35. The number of hydrogen-bond donors (Lipinski definition) is 2. The van der Waals surface area contributed by atoms with Gasteiger partial charge in [0.1, 0.15) is 5.60 Å². The van der Waals surface area contributed by atoms with E-state index in [9.17, 15) is 19.2 Å². The number of alkyl carbamates (subject to hydrolysis) is 1. The van der Waals surface area contributed by atoms with E-state index in [0.717, 1.165) is 5.01 Å². The maximum absolute atomic E-state index is 12.0. The highest BCUT2D eigenvalue weighted by molar-refractivity contribution is 5.88. The minimum absolute atomic E-state index is 0.0212. The van der Waals surface area contributed by atoms with Crippen molar-refractivity contribution in [1.29, 1.82) is 0 Å². The Morgan fingerprint density at radius 2 is 2.00 bits per heavy atom. The van der Waals surface area contributed by atoms with Gasteiger partial charge in [-0.05, 0) is 20.8 Å². The topological polar surface area (TPSA) is 114 Å². The molecule has 0 saturated carbocycles. The van der Waals surface area contributed by atoms with Crippen molar-refractivity contribution in [3.8, 4) is 0 Å². The van der Waals surface area contributed by atoms with Gasteiger partial charge in [-0.3, -0.25) is 24.8 Å². The van der Waals surface area contributed by atoms with Gasteiger partial charge in [-0.2, -0.15) is 0 Å². The second-order valence-corrected chi connectivity index (χ2v) is 6.14. The number of carbonyl (C=O) groups is 4. The molecule has 0 aromatic rings. The lowest BCUT2D eigenvalue weighted by atomic mass is 10.0. The summed E-state index contributed by atoms with van der Waals surface area (Å²) in [6.45, 7) is 5.29. The second-order valence-electron chi connectivity index (χ2n) is 6.14. The predicted octanol–water partition coefficient (Wildman–Crippen LogP) is -0.0461. The van der Waals surface area contributed by atoms with Crippen LogP contribution in [0.1, 0.15) is 33.6 Å². The first-order valence-electron chi connectivity index (χ1n) is 7.27. The summed E-state index contributed by atoms with van der Waals surface area (Å²) < 4.78 is 9.63. The summed E-state index contributed by atoms with van der Waals surface area (Å²) in [6.07, 6.45) is -0.680. The lowest BCUT2D eigenvalue weighted by molar-refractivity contribution is -0.156. The Labute approximate surface area is 134 Å². The van der Waals surface area contributed by atoms with Crippen LogP contribution in [0.4, 0.5) is 4.79 Å². The molecule has 1 unspecified atom stereocenters. The summed E-state index contributed by atoms with van der Waals surface area (Å²) in [6, 6.07) is 0. The van der Waals surface area contributed by atoms with Crippen molar-refractivity contribution in [3.63, 3.8) is 0 Å². The molecule has 3 amide bonds. The normalized spacial score (nSPS) is 18.0. The minimum Gasteiger partial charge on any atom is -0.469 e. The Morgan fingerprint density at radius 1 is 1.35 bits per heavy atom. The van der Waals surface area contributed by atoms with Crippen molar-refractivity contribution in [1.82, 2.24) is 15.8 Å². The summed E-state index contributed by atoms with van der Waals surface area (Å²) in [5, 5.41) is 3.53. The van der Waals surface area contributed by atoms with Crippen LogP contribution < -0.4 is 10.7 Å². The highest BCUT2D eigenvalue weighted by Gasteiger charge is 2.33. The largest absolute Gasteiger partial charge is 0.469 e. The van der Waals surface area contributed by atoms with Gasteiger partial charge in [0.15, 0.2) is 0 Å². The van der Waals surface area contributed by atoms with Crippen LogP contribution in [0.15, 0.2) is 0 Å². The molecular formula is C14H23N3O6. The van der Waals surface area contributed by atoms with Crippen molar-refractivity contribution in [3.05, 3.63) is 0 Å². The maximum Gasteiger partial charge on any atom is 0.407 e. The minimum atomic E-state index is -0.684. The van der Waals surface area contributed by atoms with Crippen LogP contribution in [-0.2, 0) is 23.9 Å². The SMILES string of the molecule is COC(=O)C1CC(=O)NN(C(=O)CCNC(=O)OC(C)(C)C)C1. The molecule has 1 heterocycles. The number of esters is 1. The summed E-state index contributed by atoms with van der Waals surface area (Å²) in [5.41, 5.74) is 1.77. The smallest absolute Gasteiger partial charge is 0.407 e. The van der Waals surface area contributed by atoms with Crippen LogP contribution in [0.25, 0.3) is 0 Å². The molecule has 2 N–H and O–H groups in total. The zero-order chi connectivity index (χ0) is 17.6. The van der Waals surface area contributed by atoms with E-state index in [0.29, 0.717) is 0 Å². The molecule has 9 nitrogen and oxygen atoms in total. The van der Waals surface area contributed by atoms with Crippen LogP contribution in [-0.4, -0.2) is 54.7 Å². The summed E-state index contributed by atoms with van der Waals surface area (Å²) in [7, 11) is 1.23. The molecule has 1 rings (SSSR count). The molecule has 0 aliphatic carbocycles. The average Bonchev–Trinajstić information content (AvgIpc) is 2.43. The molecule has 23 heavy (non-hydrogen) atoms. The fourth-order valence-corrected chi connectivity index (χ4v) is 1.96. The molecule has 1 saturated heterocycles. The molecule has 130 valence electrons. The first-order valence-corrected chi connectivity index (χ1v) is 7.27. The predicted molar refractivity (Wildman–Crippen MR) is 78.8 cm³/mol. The van der Waals surface area contributed by atoms with Crippen molar-refractivity contribution in [2.75, 3.05) is 20.2 Å². The van der Waals surface area contributed by atoms with Gasteiger partial charge in [0.05, 0.1) is 19.6 Å². The van der Waals surface area contributed by atoms with Gasteiger partial charge in [0, 0.05) is 19.4 Å². The van der Waals surface area contributed by atoms with Crippen molar-refractivity contribution < 1.29 is 28.7 Å². The lowest BCUT2D eigenvalue weighted by Crippen LogP contribution is -2.55. The zero-order valence-electron chi connectivity index (χ0n) is 13.8.